The number of halogens is 1. The maximum Gasteiger partial charge on any atom is 0.343 e. The largest absolute Gasteiger partial charge is 0.490 e. The molecule has 0 bridgehead atoms. The lowest BCUT2D eigenvalue weighted by Crippen LogP contribution is -2.36. The Balaban J connectivity index is 1.75. The minimum Gasteiger partial charge on any atom is -0.490 e. The molecule has 9 nitrogen and oxygen atoms in total. The van der Waals surface area contributed by atoms with Gasteiger partial charge in [-0.1, -0.05) is 6.07 Å². The summed E-state index contributed by atoms with van der Waals surface area (Å²) in [6.07, 6.45) is 3.45. The molecule has 12 heteroatoms. The molecule has 1 N–H and O–H groups in total. The molecule has 36 heavy (non-hydrogen) atoms. The van der Waals surface area contributed by atoms with Gasteiger partial charge in [-0.05, 0) is 82.8 Å². The first-order valence-electron chi connectivity index (χ1n) is 10.6. The number of hydrogen-bond donors (Lipinski definition) is 1. The molecule has 1 fully saturated rings. The number of thioether (sulfide) groups is 2. The molecule has 0 aliphatic carbocycles. The molecular formula is C24H23BrN2O7S2. The Labute approximate surface area is 225 Å². The monoisotopic (exact) mass is 594 g/mol. The van der Waals surface area contributed by atoms with E-state index in [1.165, 1.54) is 24.9 Å². The van der Waals surface area contributed by atoms with E-state index in [0.29, 0.717) is 33.8 Å². The van der Waals surface area contributed by atoms with E-state index in [1.807, 2.05) is 24.5 Å². The molecule has 0 atom stereocenters. The molecule has 1 aliphatic rings. The van der Waals surface area contributed by atoms with Crippen LogP contribution in [0.4, 0.5) is 10.5 Å². The molecule has 2 aromatic carbocycles. The summed E-state index contributed by atoms with van der Waals surface area (Å²) in [5.74, 6) is -0.964. The lowest BCUT2D eigenvalue weighted by molar-refractivity contribution is -0.143. The zero-order valence-corrected chi connectivity index (χ0v) is 22.9. The first kappa shape index (κ1) is 27.6. The number of nitrogens with zero attached hydrogens (tertiary/aromatic N) is 1. The second-order valence-electron chi connectivity index (χ2n) is 7.18. The highest BCUT2D eigenvalue weighted by molar-refractivity contribution is 9.10. The number of methoxy groups -OCH3 is 1. The molecule has 3 amide bonds. The summed E-state index contributed by atoms with van der Waals surface area (Å²) in [7, 11) is 1.26. The number of ether oxygens (including phenoxy) is 3. The van der Waals surface area contributed by atoms with Gasteiger partial charge in [-0.25, -0.2) is 4.79 Å². The summed E-state index contributed by atoms with van der Waals surface area (Å²) in [6, 6.07) is 10.6. The number of imide groups is 1. The Bertz CT molecular complexity index is 1220. The second-order valence-corrected chi connectivity index (χ2v) is 9.90. The molecule has 2 aromatic rings. The number of hydrogen-bond acceptors (Lipinski definition) is 9. The molecule has 1 heterocycles. The third-order valence-corrected chi connectivity index (χ3v) is 6.94. The van der Waals surface area contributed by atoms with Gasteiger partial charge in [-0.2, -0.15) is 0 Å². The Morgan fingerprint density at radius 1 is 1.19 bits per heavy atom. The van der Waals surface area contributed by atoms with Crippen molar-refractivity contribution in [1.82, 2.24) is 4.90 Å². The van der Waals surface area contributed by atoms with Gasteiger partial charge in [0.25, 0.3) is 11.1 Å². The molecule has 1 saturated heterocycles. The van der Waals surface area contributed by atoms with Crippen LogP contribution < -0.4 is 14.8 Å². The van der Waals surface area contributed by atoms with Crippen molar-refractivity contribution >= 4 is 74.2 Å². The summed E-state index contributed by atoms with van der Waals surface area (Å²) >= 11 is 5.67. The minimum atomic E-state index is -0.571. The SMILES string of the molecule is CCOc1cc(/C=C2\SC(=O)N(CC(=O)Nc3cccc(SC)c3)C2=O)cc(Br)c1OCC(=O)OC. The number of carbonyl (C=O) groups excluding carboxylic acids is 4. The van der Waals surface area contributed by atoms with Crippen molar-refractivity contribution in [3.8, 4) is 11.5 Å². The van der Waals surface area contributed by atoms with E-state index in [4.69, 9.17) is 9.47 Å². The van der Waals surface area contributed by atoms with Gasteiger partial charge in [-0.3, -0.25) is 19.3 Å². The zero-order valence-electron chi connectivity index (χ0n) is 19.7. The van der Waals surface area contributed by atoms with Crippen molar-refractivity contribution in [3.05, 3.63) is 51.3 Å². The van der Waals surface area contributed by atoms with E-state index in [2.05, 4.69) is 26.0 Å². The summed E-state index contributed by atoms with van der Waals surface area (Å²) in [4.78, 5) is 51.4. The van der Waals surface area contributed by atoms with E-state index < -0.39 is 29.6 Å². The Hall–Kier alpha value is -2.96. The van der Waals surface area contributed by atoms with Gasteiger partial charge in [0.1, 0.15) is 6.54 Å². The second kappa shape index (κ2) is 12.8. The van der Waals surface area contributed by atoms with Crippen LogP contribution >= 0.6 is 39.5 Å². The third-order valence-electron chi connectivity index (χ3n) is 4.72. The molecule has 0 unspecified atom stereocenters. The normalized spacial score (nSPS) is 14.2. The molecular weight excluding hydrogens is 572 g/mol. The van der Waals surface area contributed by atoms with Gasteiger partial charge in [0, 0.05) is 10.6 Å². The predicted molar refractivity (Wildman–Crippen MR) is 142 cm³/mol. The lowest BCUT2D eigenvalue weighted by Gasteiger charge is -2.14. The van der Waals surface area contributed by atoms with Crippen molar-refractivity contribution < 1.29 is 33.4 Å². The molecule has 0 spiro atoms. The molecule has 0 saturated carbocycles. The van der Waals surface area contributed by atoms with E-state index >= 15 is 0 Å². The molecule has 0 radical (unpaired) electrons. The van der Waals surface area contributed by atoms with Gasteiger partial charge in [0.15, 0.2) is 18.1 Å². The average molecular weight is 595 g/mol. The van der Waals surface area contributed by atoms with E-state index in [-0.39, 0.29) is 11.5 Å². The number of anilines is 1. The van der Waals surface area contributed by atoms with Crippen LogP contribution in [0.1, 0.15) is 12.5 Å². The van der Waals surface area contributed by atoms with Gasteiger partial charge < -0.3 is 19.5 Å². The smallest absolute Gasteiger partial charge is 0.343 e. The van der Waals surface area contributed by atoms with Crippen molar-refractivity contribution in [3.63, 3.8) is 0 Å². The third kappa shape index (κ3) is 7.05. The number of nitrogens with one attached hydrogen (secondary N) is 1. The summed E-state index contributed by atoms with van der Waals surface area (Å²) in [6.45, 7) is 1.41. The zero-order chi connectivity index (χ0) is 26.2. The molecule has 190 valence electrons. The van der Waals surface area contributed by atoms with Crippen molar-refractivity contribution in [2.24, 2.45) is 0 Å². The Morgan fingerprint density at radius 2 is 1.97 bits per heavy atom. The van der Waals surface area contributed by atoms with Crippen LogP contribution in [-0.4, -0.2) is 61.0 Å². The number of benzene rings is 2. The highest BCUT2D eigenvalue weighted by Gasteiger charge is 2.36. The average Bonchev–Trinajstić information content (AvgIpc) is 3.10. The lowest BCUT2D eigenvalue weighted by atomic mass is 10.2. The summed E-state index contributed by atoms with van der Waals surface area (Å²) in [5.41, 5.74) is 1.14. The number of rotatable bonds is 10. The fourth-order valence-corrected chi connectivity index (χ4v) is 4.97. The van der Waals surface area contributed by atoms with E-state index in [1.54, 1.807) is 25.1 Å². The molecule has 3 rings (SSSR count). The van der Waals surface area contributed by atoms with Crippen LogP contribution in [0.2, 0.25) is 0 Å². The number of amides is 3. The standard InChI is InChI=1S/C24H23BrN2O7S2/c1-4-33-18-9-14(8-17(25)22(18)34-13-21(29)32-2)10-19-23(30)27(24(31)36-19)12-20(28)26-15-6-5-7-16(11-15)35-3/h5-11H,4,12-13H2,1-3H3,(H,26,28)/b19-10-. The quantitative estimate of drug-likeness (QED) is 0.235. The fourth-order valence-electron chi connectivity index (χ4n) is 3.10. The van der Waals surface area contributed by atoms with Gasteiger partial charge in [0.2, 0.25) is 5.91 Å². The van der Waals surface area contributed by atoms with Crippen LogP contribution in [0, 0.1) is 0 Å². The van der Waals surface area contributed by atoms with Crippen molar-refractivity contribution in [2.75, 3.05) is 38.4 Å². The van der Waals surface area contributed by atoms with E-state index in [0.717, 1.165) is 21.6 Å². The van der Waals surface area contributed by atoms with Crippen LogP contribution in [0.3, 0.4) is 0 Å². The maximum atomic E-state index is 12.9. The topological polar surface area (TPSA) is 111 Å². The Morgan fingerprint density at radius 3 is 2.67 bits per heavy atom. The highest BCUT2D eigenvalue weighted by Crippen LogP contribution is 2.39. The molecule has 0 aromatic heterocycles. The van der Waals surface area contributed by atoms with Crippen LogP contribution in [0.15, 0.2) is 50.7 Å². The predicted octanol–water partition coefficient (Wildman–Crippen LogP) is 4.80. The summed E-state index contributed by atoms with van der Waals surface area (Å²) in [5, 5.41) is 2.17. The summed E-state index contributed by atoms with van der Waals surface area (Å²) < 4.78 is 16.2. The van der Waals surface area contributed by atoms with Crippen molar-refractivity contribution in [1.29, 1.82) is 0 Å². The van der Waals surface area contributed by atoms with Crippen LogP contribution in [0.25, 0.3) is 6.08 Å². The maximum absolute atomic E-state index is 12.9. The van der Waals surface area contributed by atoms with Gasteiger partial charge in [0.05, 0.1) is 23.1 Å². The fraction of sp³-hybridized carbons (Fsp3) is 0.250. The van der Waals surface area contributed by atoms with Crippen molar-refractivity contribution in [2.45, 2.75) is 11.8 Å². The van der Waals surface area contributed by atoms with E-state index in [9.17, 15) is 19.2 Å². The Kier molecular flexibility index (Phi) is 9.85. The first-order valence-corrected chi connectivity index (χ1v) is 13.4. The highest BCUT2D eigenvalue weighted by atomic mass is 79.9. The minimum absolute atomic E-state index is 0.162. The van der Waals surface area contributed by atoms with Gasteiger partial charge in [-0.15, -0.1) is 11.8 Å². The first-order chi connectivity index (χ1) is 17.2. The molecule has 1 aliphatic heterocycles. The van der Waals surface area contributed by atoms with Gasteiger partial charge >= 0.3 is 5.97 Å². The number of esters is 1. The van der Waals surface area contributed by atoms with Crippen LogP contribution in [0.5, 0.6) is 11.5 Å². The van der Waals surface area contributed by atoms with Crippen LogP contribution in [-0.2, 0) is 19.1 Å². The number of carbonyl (C=O) groups is 4.